The zero-order valence-electron chi connectivity index (χ0n) is 18.2. The summed E-state index contributed by atoms with van der Waals surface area (Å²) in [5.74, 6) is -4.24. The van der Waals surface area contributed by atoms with Gasteiger partial charge < -0.3 is 0 Å². The van der Waals surface area contributed by atoms with E-state index in [-0.39, 0.29) is 5.92 Å². The van der Waals surface area contributed by atoms with Crippen molar-refractivity contribution in [3.63, 3.8) is 0 Å². The standard InChI is InChI=1S/C26H25F7/c1-2-3-14-4-5-16-9-17(7-6-15(16)8-14)18-10-20(27)24(21(28)11-18)19-12-22(29)25(23(30)13-19)26(31,32)33/h2-3,10-17H,4-9H2,1H3/b3-2+. The molecule has 0 amide bonds. The van der Waals surface area contributed by atoms with E-state index >= 15 is 0 Å². The minimum absolute atomic E-state index is 0.0244. The predicted octanol–water partition coefficient (Wildman–Crippen LogP) is 8.80. The zero-order valence-corrected chi connectivity index (χ0v) is 18.2. The predicted molar refractivity (Wildman–Crippen MR) is 112 cm³/mol. The molecule has 4 rings (SSSR count). The van der Waals surface area contributed by atoms with Crippen LogP contribution >= 0.6 is 0 Å². The van der Waals surface area contributed by atoms with Gasteiger partial charge in [0, 0.05) is 0 Å². The fourth-order valence-corrected chi connectivity index (χ4v) is 5.77. The van der Waals surface area contributed by atoms with Crippen molar-refractivity contribution in [2.75, 3.05) is 0 Å². The van der Waals surface area contributed by atoms with Crippen molar-refractivity contribution in [3.8, 4) is 11.1 Å². The summed E-state index contributed by atoms with van der Waals surface area (Å²) in [5, 5.41) is 0. The summed E-state index contributed by atoms with van der Waals surface area (Å²) in [5.41, 5.74) is -2.93. The minimum Gasteiger partial charge on any atom is -0.206 e. The number of halogens is 7. The van der Waals surface area contributed by atoms with Crippen LogP contribution in [0, 0.1) is 41.0 Å². The first-order valence-electron chi connectivity index (χ1n) is 11.3. The number of fused-ring (bicyclic) bond motifs is 1. The number of alkyl halides is 3. The Labute approximate surface area is 188 Å². The van der Waals surface area contributed by atoms with Gasteiger partial charge in [0.2, 0.25) is 0 Å². The van der Waals surface area contributed by atoms with Gasteiger partial charge in [0.1, 0.15) is 28.8 Å². The van der Waals surface area contributed by atoms with Gasteiger partial charge in [-0.25, -0.2) is 17.6 Å². The van der Waals surface area contributed by atoms with Crippen molar-refractivity contribution in [1.29, 1.82) is 0 Å². The molecule has 0 heterocycles. The van der Waals surface area contributed by atoms with Gasteiger partial charge in [-0.15, -0.1) is 0 Å². The molecule has 2 aliphatic rings. The second-order valence-electron chi connectivity index (χ2n) is 9.30. The number of hydrogen-bond acceptors (Lipinski definition) is 0. The van der Waals surface area contributed by atoms with Crippen LogP contribution in [0.25, 0.3) is 11.1 Å². The molecule has 33 heavy (non-hydrogen) atoms. The molecular formula is C26H25F7. The van der Waals surface area contributed by atoms with Crippen LogP contribution in [-0.2, 0) is 6.18 Å². The van der Waals surface area contributed by atoms with Crippen molar-refractivity contribution < 1.29 is 30.7 Å². The van der Waals surface area contributed by atoms with Crippen LogP contribution in [0.3, 0.4) is 0 Å². The molecule has 4 unspecified atom stereocenters. The summed E-state index contributed by atoms with van der Waals surface area (Å²) in [6, 6.07) is 2.95. The molecule has 4 atom stereocenters. The molecule has 0 N–H and O–H groups in total. The van der Waals surface area contributed by atoms with E-state index in [0.717, 1.165) is 50.7 Å². The van der Waals surface area contributed by atoms with E-state index < -0.39 is 46.1 Å². The minimum atomic E-state index is -5.25. The third kappa shape index (κ3) is 4.82. The topological polar surface area (TPSA) is 0 Å². The highest BCUT2D eigenvalue weighted by Crippen LogP contribution is 2.48. The zero-order chi connectivity index (χ0) is 23.9. The van der Waals surface area contributed by atoms with Crippen LogP contribution in [0.1, 0.15) is 62.5 Å². The summed E-state index contributed by atoms with van der Waals surface area (Å²) in [6.45, 7) is 2.02. The first kappa shape index (κ1) is 23.8. The average molecular weight is 470 g/mol. The van der Waals surface area contributed by atoms with Gasteiger partial charge in [-0.2, -0.15) is 13.2 Å². The number of hydrogen-bond donors (Lipinski definition) is 0. The lowest BCUT2D eigenvalue weighted by molar-refractivity contribution is -0.142. The highest BCUT2D eigenvalue weighted by atomic mass is 19.4. The Balaban J connectivity index is 1.58. The van der Waals surface area contributed by atoms with E-state index in [4.69, 9.17) is 0 Å². The van der Waals surface area contributed by atoms with Crippen LogP contribution in [0.4, 0.5) is 30.7 Å². The van der Waals surface area contributed by atoms with Crippen molar-refractivity contribution in [1.82, 2.24) is 0 Å². The largest absolute Gasteiger partial charge is 0.422 e. The van der Waals surface area contributed by atoms with E-state index in [2.05, 4.69) is 12.2 Å². The van der Waals surface area contributed by atoms with Gasteiger partial charge in [-0.1, -0.05) is 12.2 Å². The molecular weight excluding hydrogens is 445 g/mol. The van der Waals surface area contributed by atoms with Crippen LogP contribution in [-0.4, -0.2) is 0 Å². The number of allylic oxidation sites excluding steroid dienone is 2. The summed E-state index contributed by atoms with van der Waals surface area (Å²) < 4.78 is 96.1. The third-order valence-corrected chi connectivity index (χ3v) is 7.27. The molecule has 2 saturated carbocycles. The van der Waals surface area contributed by atoms with E-state index in [1.54, 1.807) is 0 Å². The highest BCUT2D eigenvalue weighted by Gasteiger charge is 2.39. The third-order valence-electron chi connectivity index (χ3n) is 7.27. The van der Waals surface area contributed by atoms with Crippen molar-refractivity contribution in [2.24, 2.45) is 17.8 Å². The smallest absolute Gasteiger partial charge is 0.206 e. The Bertz CT molecular complexity index is 1010. The second-order valence-corrected chi connectivity index (χ2v) is 9.30. The summed E-state index contributed by atoms with van der Waals surface area (Å²) in [4.78, 5) is 0. The molecule has 7 heteroatoms. The molecule has 2 aromatic carbocycles. The molecule has 0 aliphatic heterocycles. The lowest BCUT2D eigenvalue weighted by Gasteiger charge is -2.42. The maximum Gasteiger partial charge on any atom is 0.422 e. The van der Waals surface area contributed by atoms with Gasteiger partial charge >= 0.3 is 6.18 Å². The van der Waals surface area contributed by atoms with E-state index in [9.17, 15) is 30.7 Å². The molecule has 0 nitrogen and oxygen atoms in total. The van der Waals surface area contributed by atoms with Gasteiger partial charge in [-0.05, 0) is 105 Å². The maximum absolute atomic E-state index is 14.9. The molecule has 2 aromatic rings. The van der Waals surface area contributed by atoms with Crippen LogP contribution < -0.4 is 0 Å². The summed E-state index contributed by atoms with van der Waals surface area (Å²) in [7, 11) is 0. The quantitative estimate of drug-likeness (QED) is 0.311. The van der Waals surface area contributed by atoms with E-state index in [0.29, 0.717) is 35.4 Å². The van der Waals surface area contributed by atoms with Crippen molar-refractivity contribution >= 4 is 0 Å². The Morgan fingerprint density at radius 3 is 1.91 bits per heavy atom. The van der Waals surface area contributed by atoms with Crippen LogP contribution in [0.2, 0.25) is 0 Å². The highest BCUT2D eigenvalue weighted by molar-refractivity contribution is 5.66. The number of rotatable bonds is 3. The van der Waals surface area contributed by atoms with Gasteiger partial charge in [-0.3, -0.25) is 0 Å². The first-order valence-corrected chi connectivity index (χ1v) is 11.3. The fraction of sp³-hybridized carbons (Fsp3) is 0.462. The lowest BCUT2D eigenvalue weighted by atomic mass is 9.64. The molecule has 0 radical (unpaired) electrons. The molecule has 0 bridgehead atoms. The first-order chi connectivity index (χ1) is 15.6. The van der Waals surface area contributed by atoms with Crippen LogP contribution in [0.5, 0.6) is 0 Å². The Hall–Kier alpha value is -2.31. The molecule has 178 valence electrons. The SMILES string of the molecule is C/C=C/C1CCC2CC(c3cc(F)c(-c4cc(F)c(C(F)(F)F)c(F)c4)c(F)c3)CCC2C1. The second kappa shape index (κ2) is 9.15. The van der Waals surface area contributed by atoms with Gasteiger partial charge in [0.25, 0.3) is 0 Å². The van der Waals surface area contributed by atoms with Crippen LogP contribution in [0.15, 0.2) is 36.4 Å². The monoisotopic (exact) mass is 470 g/mol. The molecule has 2 fully saturated rings. The van der Waals surface area contributed by atoms with Gasteiger partial charge in [0.05, 0.1) is 5.56 Å². The molecule has 0 spiro atoms. The number of benzene rings is 2. The molecule has 2 aliphatic carbocycles. The lowest BCUT2D eigenvalue weighted by Crippen LogP contribution is -2.30. The Kier molecular flexibility index (Phi) is 6.61. The fourth-order valence-electron chi connectivity index (χ4n) is 5.77. The van der Waals surface area contributed by atoms with Crippen molar-refractivity contribution in [2.45, 2.75) is 57.5 Å². The van der Waals surface area contributed by atoms with E-state index in [1.807, 2.05) is 6.92 Å². The van der Waals surface area contributed by atoms with E-state index in [1.165, 1.54) is 0 Å². The van der Waals surface area contributed by atoms with Crippen molar-refractivity contribution in [3.05, 3.63) is 70.8 Å². The summed E-state index contributed by atoms with van der Waals surface area (Å²) >= 11 is 0. The molecule has 0 saturated heterocycles. The summed E-state index contributed by atoms with van der Waals surface area (Å²) in [6.07, 6.45) is 4.99. The Morgan fingerprint density at radius 2 is 1.33 bits per heavy atom. The molecule has 0 aromatic heterocycles. The average Bonchev–Trinajstić information content (AvgIpc) is 2.71. The maximum atomic E-state index is 14.9. The normalized spacial score (nSPS) is 25.9. The van der Waals surface area contributed by atoms with Gasteiger partial charge in [0.15, 0.2) is 0 Å². The Morgan fingerprint density at radius 1 is 0.758 bits per heavy atom.